The first-order valence-electron chi connectivity index (χ1n) is 0.663. The summed E-state index contributed by atoms with van der Waals surface area (Å²) in [5.74, 6) is 0. The predicted octanol–water partition coefficient (Wildman–Crippen LogP) is 0.339. The number of rotatable bonds is 0. The molecule has 0 rings (SSSR count). The molecule has 0 heterocycles. The maximum atomic E-state index is 10.2. The van der Waals surface area contributed by atoms with Crippen molar-refractivity contribution in [3.05, 3.63) is 0 Å². The van der Waals surface area contributed by atoms with Gasteiger partial charge < -0.3 is 0 Å². The Morgan fingerprint density at radius 1 is 1.80 bits per heavy atom. The van der Waals surface area contributed by atoms with E-state index in [1.165, 1.54) is 0 Å². The van der Waals surface area contributed by atoms with Crippen LogP contribution in [0.3, 0.4) is 0 Å². The Bertz CT molecular complexity index is 15.6. The molecule has 0 spiro atoms. The predicted molar refractivity (Wildman–Crippen MR) is 6.66 cm³/mol. The van der Waals surface area contributed by atoms with Crippen LogP contribution in [0, 0.1) is 0 Å². The second-order valence-electron chi connectivity index (χ2n) is 0.0806. The van der Waals surface area contributed by atoms with Crippen LogP contribution >= 0.6 is 0 Å². The zero-order valence-electron chi connectivity index (χ0n) is 2.24. The average molecular weight is 208 g/mol. The summed E-state index contributed by atoms with van der Waals surface area (Å²) in [6, 6.07) is 0. The van der Waals surface area contributed by atoms with E-state index in [1.54, 1.807) is 0 Å². The Balaban J connectivity index is 0. The molecule has 1 nitrogen and oxygen atoms in total. The van der Waals surface area contributed by atoms with Crippen LogP contribution in [-0.4, -0.2) is 4.89 Å². The Hall–Kier alpha value is 1.05. The van der Waals surface area contributed by atoms with Crippen molar-refractivity contribution < 1.29 is 46.5 Å². The van der Waals surface area contributed by atoms with Crippen molar-refractivity contribution in [3.63, 3.8) is 0 Å². The van der Waals surface area contributed by atoms with Crippen LogP contribution in [0.4, 0.5) is 4.39 Å². The van der Waals surface area contributed by atoms with Crippen molar-refractivity contribution in [2.45, 2.75) is 0 Å². The Kier molecular flexibility index (Phi) is 37.0. The van der Waals surface area contributed by atoms with E-state index in [1.807, 2.05) is 0 Å². The third-order valence-corrected chi connectivity index (χ3v) is 0. The number of halogens is 1. The third kappa shape index (κ3) is 42.4. The van der Waals surface area contributed by atoms with Gasteiger partial charge in [-0.2, -0.15) is 0 Å². The van der Waals surface area contributed by atoms with Gasteiger partial charge in [0.2, 0.25) is 0 Å². The first-order valence-corrected chi connectivity index (χ1v) is 2.28. The second kappa shape index (κ2) is 19.7. The van der Waals surface area contributed by atoms with Gasteiger partial charge in [0, 0.05) is 0 Å². The average Bonchev–Trinajstić information content (AvgIpc) is 1.46. The minimum atomic E-state index is -0.440. The summed E-state index contributed by atoms with van der Waals surface area (Å²) >= 11 is 3.56. The topological polar surface area (TPSA) is 17.1 Å². The standard InChI is InChI=1S/CH2F.Ag.O.V/c1-2;;;/h1H2;;;. The van der Waals surface area contributed by atoms with Crippen LogP contribution in [-0.2, 0) is 42.1 Å². The van der Waals surface area contributed by atoms with Crippen molar-refractivity contribution in [1.82, 2.24) is 0 Å². The molecule has 0 aromatic rings. The minimum absolute atomic E-state index is 0.440. The number of alkyl halides is 1. The molecule has 0 fully saturated rings. The molecular formula is CH2AgFOV. The molecule has 0 aliphatic rings. The summed E-state index contributed by atoms with van der Waals surface area (Å²) in [5, 5.41) is 0. The van der Waals surface area contributed by atoms with Crippen molar-refractivity contribution in [2.75, 3.05) is 4.89 Å². The summed E-state index contributed by atoms with van der Waals surface area (Å²) in [7, 11) is 0. The Morgan fingerprint density at radius 2 is 1.80 bits per heavy atom. The van der Waals surface area contributed by atoms with E-state index in [0.29, 0.717) is 0 Å². The van der Waals surface area contributed by atoms with E-state index in [4.69, 9.17) is 3.67 Å². The summed E-state index contributed by atoms with van der Waals surface area (Å²) < 4.78 is 18.4. The molecule has 0 aromatic carbocycles. The molecule has 0 N–H and O–H groups in total. The second-order valence-corrected chi connectivity index (χ2v) is 0.477. The summed E-state index contributed by atoms with van der Waals surface area (Å²) in [5.41, 5.74) is 0. The molecule has 0 aromatic heterocycles. The van der Waals surface area contributed by atoms with Gasteiger partial charge in [-0.3, -0.25) is 0 Å². The summed E-state index contributed by atoms with van der Waals surface area (Å²) in [6.07, 6.45) is 0. The monoisotopic (exact) mass is 207 g/mol. The number of hydrogen-bond donors (Lipinski definition) is 0. The van der Waals surface area contributed by atoms with Gasteiger partial charge >= 0.3 is 51.4 Å². The van der Waals surface area contributed by atoms with Gasteiger partial charge in [-0.25, -0.2) is 0 Å². The fraction of sp³-hybridized carbons (Fsp3) is 1.00. The van der Waals surface area contributed by atoms with E-state index in [-0.39, 0.29) is 0 Å². The maximum absolute atomic E-state index is 10.2. The Labute approximate surface area is 51.4 Å². The molecule has 5 heavy (non-hydrogen) atoms. The number of hydrogen-bond acceptors (Lipinski definition) is 1. The van der Waals surface area contributed by atoms with Crippen molar-refractivity contribution in [1.29, 1.82) is 0 Å². The van der Waals surface area contributed by atoms with Crippen molar-refractivity contribution in [2.24, 2.45) is 0 Å². The molecule has 0 saturated heterocycles. The normalized spacial score (nSPS) is 4.40. The molecule has 0 aliphatic heterocycles. The SMILES string of the molecule is F[CH2][Ag].[O]=[V]. The third-order valence-electron chi connectivity index (χ3n) is 0. The van der Waals surface area contributed by atoms with E-state index in [0.717, 1.165) is 17.4 Å². The zero-order chi connectivity index (χ0) is 4.71. The molecular weight excluding hydrogens is 206 g/mol. The molecule has 4 heteroatoms. The van der Waals surface area contributed by atoms with E-state index >= 15 is 0 Å². The molecule has 35 valence electrons. The van der Waals surface area contributed by atoms with E-state index < -0.39 is 4.89 Å². The summed E-state index contributed by atoms with van der Waals surface area (Å²) in [6.45, 7) is 0. The first-order chi connectivity index (χ1) is 2.41. The Morgan fingerprint density at radius 3 is 1.80 bits per heavy atom. The van der Waals surface area contributed by atoms with Gasteiger partial charge in [0.15, 0.2) is 0 Å². The van der Waals surface area contributed by atoms with Crippen molar-refractivity contribution >= 4 is 0 Å². The molecule has 0 saturated carbocycles. The van der Waals surface area contributed by atoms with Crippen molar-refractivity contribution in [3.8, 4) is 0 Å². The van der Waals surface area contributed by atoms with Gasteiger partial charge in [-0.1, -0.05) is 0 Å². The van der Waals surface area contributed by atoms with Crippen LogP contribution in [0.1, 0.15) is 0 Å². The van der Waals surface area contributed by atoms with E-state index in [2.05, 4.69) is 21.1 Å². The molecule has 0 amide bonds. The first kappa shape index (κ1) is 9.41. The van der Waals surface area contributed by atoms with Gasteiger partial charge in [-0.05, 0) is 0 Å². The van der Waals surface area contributed by atoms with E-state index in [9.17, 15) is 4.39 Å². The van der Waals surface area contributed by atoms with Crippen LogP contribution < -0.4 is 0 Å². The fourth-order valence-electron chi connectivity index (χ4n) is 0. The molecule has 0 bridgehead atoms. The molecule has 0 radical (unpaired) electrons. The van der Waals surface area contributed by atoms with Crippen LogP contribution in [0.2, 0.25) is 0 Å². The van der Waals surface area contributed by atoms with Crippen LogP contribution in [0.5, 0.6) is 0 Å². The van der Waals surface area contributed by atoms with Gasteiger partial charge in [0.05, 0.1) is 0 Å². The quantitative estimate of drug-likeness (QED) is 0.524. The van der Waals surface area contributed by atoms with Gasteiger partial charge in [0.1, 0.15) is 0 Å². The molecule has 0 unspecified atom stereocenters. The van der Waals surface area contributed by atoms with Gasteiger partial charge in [0.25, 0.3) is 0 Å². The fourth-order valence-corrected chi connectivity index (χ4v) is 0. The molecule has 0 aliphatic carbocycles. The summed E-state index contributed by atoms with van der Waals surface area (Å²) in [4.78, 5) is -0.440. The van der Waals surface area contributed by atoms with Crippen LogP contribution in [0.15, 0.2) is 0 Å². The zero-order valence-corrected chi connectivity index (χ0v) is 5.12. The van der Waals surface area contributed by atoms with Crippen LogP contribution in [0.25, 0.3) is 0 Å². The van der Waals surface area contributed by atoms with Gasteiger partial charge in [-0.15, -0.1) is 0 Å². The molecule has 0 atom stereocenters.